The predicted octanol–water partition coefficient (Wildman–Crippen LogP) is 7.48. The minimum atomic E-state index is -0.483. The van der Waals surface area contributed by atoms with Crippen molar-refractivity contribution < 1.29 is 13.9 Å². The molecule has 5 fully saturated rings. The highest BCUT2D eigenvalue weighted by molar-refractivity contribution is 6.43. The summed E-state index contributed by atoms with van der Waals surface area (Å²) in [6.45, 7) is 6.40. The number of hydrogen-bond acceptors (Lipinski definition) is 7. The Balaban J connectivity index is 1.22. The van der Waals surface area contributed by atoms with Crippen molar-refractivity contribution in [2.45, 2.75) is 89.8 Å². The number of nitrogens with zero attached hydrogens (tertiary/aromatic N) is 7. The highest BCUT2D eigenvalue weighted by Gasteiger charge is 2.51. The summed E-state index contributed by atoms with van der Waals surface area (Å²) in [5.74, 6) is 0.149. The highest BCUT2D eigenvalue weighted by Crippen LogP contribution is 2.51. The number of pyridine rings is 1. The maximum atomic E-state index is 17.2. The molecule has 3 saturated heterocycles. The molecule has 6 heterocycles. The van der Waals surface area contributed by atoms with Gasteiger partial charge in [-0.25, -0.2) is 9.37 Å². The van der Waals surface area contributed by atoms with Crippen molar-refractivity contribution in [3.8, 4) is 17.2 Å². The van der Waals surface area contributed by atoms with Crippen LogP contribution in [0.25, 0.3) is 32.9 Å². The molecule has 2 aromatic carbocycles. The second-order valence-electron chi connectivity index (χ2n) is 14.8. The fourth-order valence-electron chi connectivity index (χ4n) is 8.87. The Kier molecular flexibility index (Phi) is 8.50. The van der Waals surface area contributed by atoms with E-state index in [9.17, 15) is 10.1 Å². The Hall–Kier alpha value is -4.08. The molecule has 52 heavy (non-hydrogen) atoms. The van der Waals surface area contributed by atoms with Crippen molar-refractivity contribution in [1.29, 1.82) is 5.26 Å². The molecule has 1 amide bonds. The van der Waals surface area contributed by atoms with Crippen LogP contribution in [0.2, 0.25) is 10.0 Å². The summed E-state index contributed by atoms with van der Waals surface area (Å²) in [5, 5.41) is 23.9. The largest absolute Gasteiger partial charge is 0.370 e. The lowest BCUT2D eigenvalue weighted by Gasteiger charge is -2.39. The van der Waals surface area contributed by atoms with Crippen LogP contribution in [0.15, 0.2) is 36.5 Å². The van der Waals surface area contributed by atoms with Gasteiger partial charge in [0, 0.05) is 77.7 Å². The fraction of sp³-hybridized carbons (Fsp3) is 0.462. The average Bonchev–Trinajstić information content (AvgIpc) is 3.61. The number of ether oxygens (including phenoxy) is 1. The normalized spacial score (nSPS) is 23.8. The number of rotatable bonds is 10. The number of benzene rings is 2. The van der Waals surface area contributed by atoms with Crippen LogP contribution >= 0.6 is 23.2 Å². The topological polar surface area (TPSA) is 114 Å². The second-order valence-corrected chi connectivity index (χ2v) is 15.6. The van der Waals surface area contributed by atoms with Gasteiger partial charge in [0.05, 0.1) is 52.6 Å². The van der Waals surface area contributed by atoms with Gasteiger partial charge in [-0.2, -0.15) is 5.26 Å². The Labute approximate surface area is 310 Å². The lowest BCUT2D eigenvalue weighted by molar-refractivity contribution is -0.134. The molecule has 5 aliphatic rings. The number of likely N-dealkylation sites (tertiary alicyclic amines) is 1. The van der Waals surface area contributed by atoms with Crippen molar-refractivity contribution in [3.63, 3.8) is 0 Å². The third kappa shape index (κ3) is 5.49. The molecule has 3 aromatic heterocycles. The van der Waals surface area contributed by atoms with E-state index in [0.29, 0.717) is 64.7 Å². The molecular weight excluding hydrogens is 702 g/mol. The highest BCUT2D eigenvalue weighted by atomic mass is 35.5. The molecule has 0 unspecified atom stereocenters. The van der Waals surface area contributed by atoms with E-state index in [1.54, 1.807) is 22.9 Å². The molecule has 10 nitrogen and oxygen atoms in total. The molecule has 3 aliphatic heterocycles. The summed E-state index contributed by atoms with van der Waals surface area (Å²) in [7, 11) is 0. The average molecular weight is 742 g/mol. The lowest BCUT2D eigenvalue weighted by Crippen LogP contribution is -2.41. The standard InChI is InChI=1S/C39H39Cl2FN8O2/c1-3-48-17-24(46-47-48)19-52-25-14-31(49(18-25)39(51)21-9-10-21)32-15-27-20(2)45-36-28(38(27)50(32)37-23-13-30(37)44-16-23)12-22(6-5-11-43)33(35(36)42)26-7-4-8-29(40)34(26)41/h4,7-8,12,15,17,21,23,25,30-31,37,44H,3,5-6,9-10,13-14,16,18-19H2,1-2H3/t23-,25+,30-,31-,37+/m1/s1. The van der Waals surface area contributed by atoms with Gasteiger partial charge in [0.1, 0.15) is 11.2 Å². The van der Waals surface area contributed by atoms with Gasteiger partial charge in [-0.1, -0.05) is 40.5 Å². The summed E-state index contributed by atoms with van der Waals surface area (Å²) >= 11 is 13.1. The van der Waals surface area contributed by atoms with E-state index in [4.69, 9.17) is 32.9 Å². The summed E-state index contributed by atoms with van der Waals surface area (Å²) < 4.78 is 27.8. The van der Waals surface area contributed by atoms with Gasteiger partial charge in [0.15, 0.2) is 5.82 Å². The Morgan fingerprint density at radius 1 is 1.19 bits per heavy atom. The zero-order valence-electron chi connectivity index (χ0n) is 29.1. The smallest absolute Gasteiger partial charge is 0.226 e. The number of carbonyl (C=O) groups excluding carboxylic acids is 1. The Morgan fingerprint density at radius 3 is 2.75 bits per heavy atom. The molecule has 268 valence electrons. The molecule has 2 aliphatic carbocycles. The Bertz CT molecular complexity index is 2280. The number of aryl methyl sites for hydroxylation is 3. The number of nitrogens with one attached hydrogen (secondary N) is 1. The molecule has 2 bridgehead atoms. The van der Waals surface area contributed by atoms with Gasteiger partial charge >= 0.3 is 0 Å². The van der Waals surface area contributed by atoms with Crippen LogP contribution in [0.5, 0.6) is 0 Å². The van der Waals surface area contributed by atoms with Gasteiger partial charge in [-0.15, -0.1) is 5.10 Å². The Morgan fingerprint density at radius 2 is 2.04 bits per heavy atom. The quantitative estimate of drug-likeness (QED) is 0.158. The third-order valence-electron chi connectivity index (χ3n) is 11.6. The molecule has 5 aromatic rings. The SMILES string of the molecule is CCn1cc(CO[C@H]2C[C@H](c3cc4c(C)nc5c(F)c(-c6cccc(Cl)c6Cl)c(CCC#N)cc5c4n3[C@H]3[C@H]4CN[C@@H]3C4)N(C(=O)C3CC3)C2)nn1. The van der Waals surface area contributed by atoms with Crippen LogP contribution < -0.4 is 5.32 Å². The number of carbonyl (C=O) groups is 1. The second kappa shape index (κ2) is 13.1. The first-order valence-electron chi connectivity index (χ1n) is 18.3. The van der Waals surface area contributed by atoms with Gasteiger partial charge in [0.25, 0.3) is 0 Å². The predicted molar refractivity (Wildman–Crippen MR) is 196 cm³/mol. The lowest BCUT2D eigenvalue weighted by atomic mass is 9.79. The van der Waals surface area contributed by atoms with Gasteiger partial charge in [0.2, 0.25) is 5.91 Å². The first-order chi connectivity index (χ1) is 25.2. The number of nitriles is 1. The molecule has 0 radical (unpaired) electrons. The van der Waals surface area contributed by atoms with Crippen LogP contribution in [-0.2, 0) is 29.1 Å². The van der Waals surface area contributed by atoms with Crippen molar-refractivity contribution in [2.75, 3.05) is 13.1 Å². The summed E-state index contributed by atoms with van der Waals surface area (Å²) in [5.41, 5.74) is 5.14. The van der Waals surface area contributed by atoms with Crippen LogP contribution in [0.1, 0.15) is 73.8 Å². The molecular formula is C39H39Cl2FN8O2. The summed E-state index contributed by atoms with van der Waals surface area (Å²) in [6.07, 6.45) is 5.78. The van der Waals surface area contributed by atoms with Gasteiger partial charge < -0.3 is 19.5 Å². The summed E-state index contributed by atoms with van der Waals surface area (Å²) in [6, 6.07) is 11.8. The number of fused-ring (bicyclic) bond motifs is 4. The number of hydrogen-bond donors (Lipinski definition) is 1. The third-order valence-corrected chi connectivity index (χ3v) is 12.4. The number of aromatic nitrogens is 5. The first-order valence-corrected chi connectivity index (χ1v) is 19.0. The van der Waals surface area contributed by atoms with Crippen LogP contribution in [0.4, 0.5) is 4.39 Å². The van der Waals surface area contributed by atoms with E-state index in [-0.39, 0.29) is 53.0 Å². The molecule has 1 N–H and O–H groups in total. The van der Waals surface area contributed by atoms with E-state index < -0.39 is 5.82 Å². The fourth-order valence-corrected chi connectivity index (χ4v) is 9.26. The first kappa shape index (κ1) is 33.7. The minimum absolute atomic E-state index is 0.0443. The van der Waals surface area contributed by atoms with E-state index in [1.165, 1.54) is 0 Å². The zero-order valence-corrected chi connectivity index (χ0v) is 30.6. The van der Waals surface area contributed by atoms with E-state index in [2.05, 4.69) is 32.3 Å². The van der Waals surface area contributed by atoms with Crippen molar-refractivity contribution >= 4 is 50.9 Å². The summed E-state index contributed by atoms with van der Waals surface area (Å²) in [4.78, 5) is 20.9. The minimum Gasteiger partial charge on any atom is -0.370 e. The molecule has 13 heteroatoms. The van der Waals surface area contributed by atoms with Crippen LogP contribution in [0, 0.1) is 35.9 Å². The van der Waals surface area contributed by atoms with E-state index >= 15 is 4.39 Å². The zero-order chi connectivity index (χ0) is 35.8. The maximum Gasteiger partial charge on any atom is 0.226 e. The van der Waals surface area contributed by atoms with Gasteiger partial charge in [-0.3, -0.25) is 9.48 Å². The van der Waals surface area contributed by atoms with E-state index in [0.717, 1.165) is 54.6 Å². The molecule has 10 rings (SSSR count). The van der Waals surface area contributed by atoms with Crippen molar-refractivity contribution in [1.82, 2.24) is 34.8 Å². The number of amides is 1. The van der Waals surface area contributed by atoms with Crippen LogP contribution in [0.3, 0.4) is 0 Å². The monoisotopic (exact) mass is 740 g/mol. The maximum absolute atomic E-state index is 17.2. The molecule has 0 spiro atoms. The molecule has 5 atom stereocenters. The molecule has 2 saturated carbocycles. The van der Waals surface area contributed by atoms with Crippen LogP contribution in [-0.4, -0.2) is 60.6 Å². The number of halogens is 3. The van der Waals surface area contributed by atoms with Crippen molar-refractivity contribution in [3.05, 3.63) is 75.0 Å². The van der Waals surface area contributed by atoms with Gasteiger partial charge in [-0.05, 0) is 69.2 Å². The van der Waals surface area contributed by atoms with E-state index in [1.807, 2.05) is 31.0 Å². The van der Waals surface area contributed by atoms with Crippen molar-refractivity contribution in [2.24, 2.45) is 11.8 Å².